The van der Waals surface area contributed by atoms with E-state index < -0.39 is 5.60 Å². The number of rotatable bonds is 0. The summed E-state index contributed by atoms with van der Waals surface area (Å²) in [5.74, 6) is 7.31. The van der Waals surface area contributed by atoms with Gasteiger partial charge in [0.25, 0.3) is 0 Å². The van der Waals surface area contributed by atoms with Crippen LogP contribution in [-0.2, 0) is 12.8 Å². The van der Waals surface area contributed by atoms with Crippen molar-refractivity contribution < 1.29 is 20.4 Å². The molecule has 2 aromatic rings. The highest BCUT2D eigenvalue weighted by atomic mass is 16.3. The Labute approximate surface area is 251 Å². The molecule has 6 aliphatic carbocycles. The van der Waals surface area contributed by atoms with Crippen LogP contribution in [0, 0.1) is 46.8 Å². The lowest BCUT2D eigenvalue weighted by molar-refractivity contribution is -0.0646. The van der Waals surface area contributed by atoms with Crippen molar-refractivity contribution in [3.05, 3.63) is 58.7 Å². The zero-order valence-electron chi connectivity index (χ0n) is 25.4. The van der Waals surface area contributed by atoms with Crippen LogP contribution in [0.4, 0.5) is 0 Å². The van der Waals surface area contributed by atoms with E-state index in [2.05, 4.69) is 31.9 Å². The molecular weight excluding hydrogens is 520 g/mol. The highest BCUT2D eigenvalue weighted by molar-refractivity contribution is 5.41. The summed E-state index contributed by atoms with van der Waals surface area (Å²) in [4.78, 5) is 0. The minimum Gasteiger partial charge on any atom is -0.508 e. The molecule has 0 aromatic heterocycles. The van der Waals surface area contributed by atoms with Crippen LogP contribution in [0.15, 0.2) is 36.4 Å². The number of phenolic OH excluding ortho intramolecular Hbond substituents is 2. The highest BCUT2D eigenvalue weighted by Gasteiger charge is 2.61. The summed E-state index contributed by atoms with van der Waals surface area (Å²) in [6.07, 6.45) is 18.6. The van der Waals surface area contributed by atoms with E-state index in [0.717, 1.165) is 63.7 Å². The monoisotopic (exact) mass is 568 g/mol. The summed E-state index contributed by atoms with van der Waals surface area (Å²) in [6.45, 7) is 4.53. The van der Waals surface area contributed by atoms with E-state index in [9.17, 15) is 20.4 Å². The van der Waals surface area contributed by atoms with Gasteiger partial charge >= 0.3 is 0 Å². The molecule has 10 atom stereocenters. The van der Waals surface area contributed by atoms with Gasteiger partial charge in [-0.3, -0.25) is 0 Å². The van der Waals surface area contributed by atoms with Gasteiger partial charge in [-0.25, -0.2) is 0 Å². The van der Waals surface area contributed by atoms with Crippen molar-refractivity contribution in [2.75, 3.05) is 0 Å². The van der Waals surface area contributed by atoms with Crippen LogP contribution in [0.5, 0.6) is 11.5 Å². The molecule has 0 unspecified atom stereocenters. The smallest absolute Gasteiger partial charge is 0.130 e. The molecule has 4 nitrogen and oxygen atoms in total. The van der Waals surface area contributed by atoms with E-state index in [1.165, 1.54) is 41.5 Å². The van der Waals surface area contributed by atoms with Gasteiger partial charge in [0.1, 0.15) is 17.1 Å². The average Bonchev–Trinajstić information content (AvgIpc) is 3.44. The number of aliphatic hydroxyl groups is 2. The summed E-state index contributed by atoms with van der Waals surface area (Å²) in [5, 5.41) is 40.7. The fourth-order valence-corrected chi connectivity index (χ4v) is 11.4. The minimum atomic E-state index is -0.919. The number of phenols is 2. The Kier molecular flexibility index (Phi) is 6.76. The number of aliphatic hydroxyl groups excluding tert-OH is 1. The molecule has 0 amide bonds. The molecule has 0 radical (unpaired) electrons. The number of fused-ring (bicyclic) bond motifs is 10. The molecule has 4 N–H and O–H groups in total. The predicted octanol–water partition coefficient (Wildman–Crippen LogP) is 7.22. The Hall–Kier alpha value is -2.48. The fraction of sp³-hybridized carbons (Fsp3) is 0.632. The van der Waals surface area contributed by atoms with Gasteiger partial charge in [-0.1, -0.05) is 31.9 Å². The number of benzene rings is 2. The first-order valence-corrected chi connectivity index (χ1v) is 16.6. The van der Waals surface area contributed by atoms with Crippen LogP contribution in [-0.4, -0.2) is 32.1 Å². The Morgan fingerprint density at radius 2 is 1.29 bits per heavy atom. The Bertz CT molecular complexity index is 1410. The van der Waals surface area contributed by atoms with E-state index in [1.54, 1.807) is 0 Å². The van der Waals surface area contributed by atoms with Crippen molar-refractivity contribution in [1.29, 1.82) is 0 Å². The molecule has 0 heterocycles. The molecule has 42 heavy (non-hydrogen) atoms. The standard InChI is InChI=1S/C20H24O2.C18H24O2/c1-3-20(22)11-9-18-17-6-4-13-12-14(21)5-7-15(13)16(17)8-10-19(18,20)2;1-18-9-8-14-13-5-3-12(19)10-11(13)2-4-15(14)16(18)6-7-17(18)20/h1,5,7,12,16-18,21-22H,4,6,8-11H2,2H3;3,5,10,14-17,19-20H,2,4,6-9H2,1H3/t16-,17-,18+,19+,20+;14-,15-,16+,17+,18+/m11/s1. The average molecular weight is 569 g/mol. The van der Waals surface area contributed by atoms with E-state index in [1.807, 2.05) is 24.3 Å². The maximum atomic E-state index is 10.9. The molecule has 8 rings (SSSR count). The molecule has 0 aliphatic heterocycles. The van der Waals surface area contributed by atoms with E-state index in [-0.39, 0.29) is 16.9 Å². The van der Waals surface area contributed by atoms with Gasteiger partial charge < -0.3 is 20.4 Å². The molecule has 2 aromatic carbocycles. The van der Waals surface area contributed by atoms with E-state index in [4.69, 9.17) is 6.42 Å². The van der Waals surface area contributed by atoms with Crippen LogP contribution in [0.3, 0.4) is 0 Å². The second-order valence-corrected chi connectivity index (χ2v) is 15.2. The first kappa shape index (κ1) is 28.3. The maximum absolute atomic E-state index is 10.9. The molecule has 4 heteroatoms. The maximum Gasteiger partial charge on any atom is 0.130 e. The summed E-state index contributed by atoms with van der Waals surface area (Å²) in [7, 11) is 0. The third-order valence-electron chi connectivity index (χ3n) is 13.8. The summed E-state index contributed by atoms with van der Waals surface area (Å²) in [5.41, 5.74) is 4.68. The lowest BCUT2D eigenvalue weighted by atomic mass is 9.53. The van der Waals surface area contributed by atoms with Crippen LogP contribution in [0.1, 0.15) is 112 Å². The van der Waals surface area contributed by atoms with Crippen molar-refractivity contribution in [2.24, 2.45) is 34.5 Å². The molecular formula is C38H48O4. The number of hydrogen-bond acceptors (Lipinski definition) is 4. The first-order valence-electron chi connectivity index (χ1n) is 16.6. The lowest BCUT2D eigenvalue weighted by Crippen LogP contribution is -2.50. The van der Waals surface area contributed by atoms with E-state index in [0.29, 0.717) is 41.1 Å². The van der Waals surface area contributed by atoms with Crippen LogP contribution >= 0.6 is 0 Å². The Balaban J connectivity index is 0.000000138. The van der Waals surface area contributed by atoms with Crippen molar-refractivity contribution in [3.8, 4) is 23.8 Å². The van der Waals surface area contributed by atoms with Gasteiger partial charge in [-0.2, -0.15) is 0 Å². The summed E-state index contributed by atoms with van der Waals surface area (Å²) in [6, 6.07) is 11.8. The van der Waals surface area contributed by atoms with Crippen molar-refractivity contribution >= 4 is 0 Å². The van der Waals surface area contributed by atoms with Crippen LogP contribution in [0.2, 0.25) is 0 Å². The Morgan fingerprint density at radius 3 is 1.88 bits per heavy atom. The SMILES string of the molecule is C#C[C@]1(O)CC[C@H]2[C@@H]3CCc4cc(O)ccc4[C@H]3CC[C@@]21C.C[C@]12CC[C@@H]3c4ccc(O)cc4CC[C@H]3[C@@H]1CC[C@@H]2O. The highest BCUT2D eigenvalue weighted by Crippen LogP contribution is 2.64. The van der Waals surface area contributed by atoms with Crippen molar-refractivity contribution in [2.45, 2.75) is 114 Å². The topological polar surface area (TPSA) is 80.9 Å². The fourth-order valence-electron chi connectivity index (χ4n) is 11.4. The normalized spacial score (nSPS) is 42.8. The van der Waals surface area contributed by atoms with Gasteiger partial charge in [0, 0.05) is 5.41 Å². The van der Waals surface area contributed by atoms with Crippen molar-refractivity contribution in [3.63, 3.8) is 0 Å². The number of aromatic hydroxyl groups is 2. The lowest BCUT2D eigenvalue weighted by Gasteiger charge is -2.52. The molecule has 224 valence electrons. The number of terminal acetylenes is 1. The second-order valence-electron chi connectivity index (χ2n) is 15.2. The minimum absolute atomic E-state index is 0.0883. The molecule has 0 saturated heterocycles. The quantitative estimate of drug-likeness (QED) is 0.253. The predicted molar refractivity (Wildman–Crippen MR) is 165 cm³/mol. The molecule has 4 saturated carbocycles. The van der Waals surface area contributed by atoms with Gasteiger partial charge in [0.15, 0.2) is 0 Å². The van der Waals surface area contributed by atoms with Gasteiger partial charge in [0.2, 0.25) is 0 Å². The number of aryl methyl sites for hydroxylation is 2. The summed E-state index contributed by atoms with van der Waals surface area (Å²) < 4.78 is 0. The zero-order valence-corrected chi connectivity index (χ0v) is 25.4. The van der Waals surface area contributed by atoms with Gasteiger partial charge in [0.05, 0.1) is 6.10 Å². The molecule has 0 bridgehead atoms. The molecule has 0 spiro atoms. The largest absolute Gasteiger partial charge is 0.508 e. The van der Waals surface area contributed by atoms with Gasteiger partial charge in [-0.15, -0.1) is 6.42 Å². The van der Waals surface area contributed by atoms with Crippen LogP contribution in [0.25, 0.3) is 0 Å². The summed E-state index contributed by atoms with van der Waals surface area (Å²) >= 11 is 0. The molecule has 4 fully saturated rings. The first-order chi connectivity index (χ1) is 20.1. The second kappa shape index (κ2) is 10.0. The number of hydrogen-bond donors (Lipinski definition) is 4. The van der Waals surface area contributed by atoms with Crippen molar-refractivity contribution in [1.82, 2.24) is 0 Å². The van der Waals surface area contributed by atoms with Gasteiger partial charge in [-0.05, 0) is 164 Å². The zero-order chi connectivity index (χ0) is 29.4. The van der Waals surface area contributed by atoms with E-state index >= 15 is 0 Å². The molecule has 6 aliphatic rings. The van der Waals surface area contributed by atoms with Crippen LogP contribution < -0.4 is 0 Å². The Morgan fingerprint density at radius 1 is 0.714 bits per heavy atom. The third-order valence-corrected chi connectivity index (χ3v) is 13.8. The third kappa shape index (κ3) is 4.10.